The summed E-state index contributed by atoms with van der Waals surface area (Å²) in [4.78, 5) is 48.8. The largest absolute Gasteiger partial charge is 0.481 e. The van der Waals surface area contributed by atoms with Crippen LogP contribution >= 0.6 is 15.3 Å². The molecule has 0 spiro atoms. The van der Waals surface area contributed by atoms with Crippen molar-refractivity contribution in [2.45, 2.75) is 6.42 Å². The predicted molar refractivity (Wildman–Crippen MR) is 78.2 cm³/mol. The third kappa shape index (κ3) is 6.20. The molecule has 0 fully saturated rings. The first kappa shape index (κ1) is 18.2. The molecule has 0 aliphatic heterocycles. The number of carbonyl (C=O) groups excluding carboxylic acids is 1. The molecular formula is C11H18NO7P2+. The quantitative estimate of drug-likeness (QED) is 0.431. The third-order valence-corrected chi connectivity index (χ3v) is 4.81. The summed E-state index contributed by atoms with van der Waals surface area (Å²) < 4.78 is 15.5. The predicted octanol–water partition coefficient (Wildman–Crippen LogP) is 0.522. The molecule has 6 N–H and O–H groups in total. The van der Waals surface area contributed by atoms with E-state index in [1.807, 2.05) is 0 Å². The van der Waals surface area contributed by atoms with Crippen LogP contribution in [0.4, 0.5) is 0 Å². The van der Waals surface area contributed by atoms with E-state index in [2.05, 4.69) is 0 Å². The molecule has 1 aromatic rings. The Morgan fingerprint density at radius 2 is 1.81 bits per heavy atom. The lowest BCUT2D eigenvalue weighted by atomic mass is 10.2. The number of hydrogen-bond acceptors (Lipinski definition) is 6. The van der Waals surface area contributed by atoms with Gasteiger partial charge in [0, 0.05) is 0 Å². The van der Waals surface area contributed by atoms with E-state index in [0.29, 0.717) is 6.42 Å². The fourth-order valence-electron chi connectivity index (χ4n) is 1.47. The molecule has 118 valence electrons. The summed E-state index contributed by atoms with van der Waals surface area (Å²) in [7, 11) is -7.99. The Bertz CT molecular complexity index is 526. The molecule has 0 atom stereocenters. The van der Waals surface area contributed by atoms with Crippen LogP contribution in [0, 0.1) is 0 Å². The van der Waals surface area contributed by atoms with Crippen molar-refractivity contribution in [1.82, 2.24) is 0 Å². The van der Waals surface area contributed by atoms with E-state index in [-0.39, 0.29) is 24.0 Å². The van der Waals surface area contributed by atoms with Gasteiger partial charge in [-0.15, -0.1) is 0 Å². The monoisotopic (exact) mass is 338 g/mol. The third-order valence-electron chi connectivity index (χ3n) is 2.50. The highest BCUT2D eigenvalue weighted by Gasteiger charge is 2.43. The highest BCUT2D eigenvalue weighted by Crippen LogP contribution is 2.53. The Kier molecular flexibility index (Phi) is 6.43. The second kappa shape index (κ2) is 7.42. The average Bonchev–Trinajstić information content (AvgIpc) is 2.42. The van der Waals surface area contributed by atoms with Crippen LogP contribution in [0.5, 0.6) is 5.75 Å². The van der Waals surface area contributed by atoms with Crippen molar-refractivity contribution in [2.75, 3.05) is 19.1 Å². The van der Waals surface area contributed by atoms with Crippen molar-refractivity contribution in [3.63, 3.8) is 0 Å². The minimum atomic E-state index is -4.28. The maximum Gasteiger partial charge on any atom is 0.362 e. The summed E-state index contributed by atoms with van der Waals surface area (Å²) in [6, 6.07) is 5.26. The molecule has 0 aliphatic carbocycles. The van der Waals surface area contributed by atoms with Crippen LogP contribution in [0.3, 0.4) is 0 Å². The van der Waals surface area contributed by atoms with Crippen LogP contribution < -0.4 is 10.5 Å². The van der Waals surface area contributed by atoms with Crippen molar-refractivity contribution in [1.29, 1.82) is 0 Å². The fraction of sp³-hybridized carbons (Fsp3) is 0.364. The lowest BCUT2D eigenvalue weighted by molar-refractivity contribution is 0.105. The summed E-state index contributed by atoms with van der Waals surface area (Å²) in [5.41, 5.74) is 4.59. The lowest BCUT2D eigenvalue weighted by Gasteiger charge is -2.11. The Balaban J connectivity index is 2.73. The average molecular weight is 338 g/mol. The number of rotatable bonds is 8. The maximum atomic E-state index is 11.9. The van der Waals surface area contributed by atoms with Crippen LogP contribution in [0.1, 0.15) is 16.8 Å². The molecule has 0 saturated heterocycles. The Labute approximate surface area is 122 Å². The molecule has 0 aliphatic rings. The minimum Gasteiger partial charge on any atom is -0.481 e. The van der Waals surface area contributed by atoms with Crippen molar-refractivity contribution < 1.29 is 33.7 Å². The molecule has 8 nitrogen and oxygen atoms in total. The molecule has 0 aromatic heterocycles. The van der Waals surface area contributed by atoms with E-state index in [0.717, 1.165) is 0 Å². The molecule has 10 heteroatoms. The van der Waals surface area contributed by atoms with Gasteiger partial charge in [0.15, 0.2) is 6.35 Å². The van der Waals surface area contributed by atoms with Gasteiger partial charge in [0.2, 0.25) is 0 Å². The molecule has 0 saturated carbocycles. The molecule has 0 unspecified atom stereocenters. The zero-order valence-corrected chi connectivity index (χ0v) is 12.9. The van der Waals surface area contributed by atoms with E-state index in [1.165, 1.54) is 24.3 Å². The van der Waals surface area contributed by atoms with Gasteiger partial charge >= 0.3 is 20.8 Å². The smallest absolute Gasteiger partial charge is 0.362 e. The zero-order chi connectivity index (χ0) is 16.1. The van der Waals surface area contributed by atoms with E-state index in [9.17, 15) is 19.1 Å². The number of ether oxygens (including phenoxy) is 1. The molecule has 0 amide bonds. The summed E-state index contributed by atoms with van der Waals surface area (Å²) in [5, 5.41) is 0. The van der Waals surface area contributed by atoms with Gasteiger partial charge in [-0.05, 0) is 37.2 Å². The van der Waals surface area contributed by atoms with Crippen molar-refractivity contribution in [3.05, 3.63) is 29.8 Å². The van der Waals surface area contributed by atoms with Gasteiger partial charge in [-0.25, -0.2) is 14.6 Å². The van der Waals surface area contributed by atoms with Crippen LogP contribution in [0.25, 0.3) is 0 Å². The normalized spacial score (nSPS) is 12.2. The van der Waals surface area contributed by atoms with Gasteiger partial charge < -0.3 is 20.3 Å². The van der Waals surface area contributed by atoms with Crippen LogP contribution in [-0.4, -0.2) is 44.2 Å². The minimum absolute atomic E-state index is 0.0706. The number of benzene rings is 1. The highest BCUT2D eigenvalue weighted by atomic mass is 31.2. The van der Waals surface area contributed by atoms with Crippen LogP contribution in [-0.2, 0) is 4.57 Å². The first-order valence-electron chi connectivity index (χ1n) is 6.02. The highest BCUT2D eigenvalue weighted by molar-refractivity contribution is 7.81. The van der Waals surface area contributed by atoms with Crippen molar-refractivity contribution >= 4 is 20.8 Å². The van der Waals surface area contributed by atoms with E-state index >= 15 is 0 Å². The molecule has 1 aromatic carbocycles. The Morgan fingerprint density at radius 3 is 2.29 bits per heavy atom. The first-order valence-corrected chi connectivity index (χ1v) is 9.69. The topological polar surface area (TPSA) is 150 Å². The lowest BCUT2D eigenvalue weighted by Crippen LogP contribution is -2.13. The second-order valence-corrected chi connectivity index (χ2v) is 8.27. The summed E-state index contributed by atoms with van der Waals surface area (Å²) in [6.07, 6.45) is -0.511. The van der Waals surface area contributed by atoms with Gasteiger partial charge in [-0.1, -0.05) is 0 Å². The van der Waals surface area contributed by atoms with Gasteiger partial charge in [-0.3, -0.25) is 4.57 Å². The van der Waals surface area contributed by atoms with Crippen molar-refractivity contribution in [3.8, 4) is 5.75 Å². The van der Waals surface area contributed by atoms with Gasteiger partial charge in [0.1, 0.15) is 11.9 Å². The maximum absolute atomic E-state index is 11.9. The number of nitrogens with two attached hydrogens (primary N) is 1. The Morgan fingerprint density at radius 1 is 1.24 bits per heavy atom. The molecule has 1 rings (SSSR count). The van der Waals surface area contributed by atoms with Crippen molar-refractivity contribution in [2.24, 2.45) is 5.73 Å². The standard InChI is InChI=1S/C11H17NO7P2/c12-6-1-7-20(14,15)11(13)9-2-4-10(5-3-9)19-8-21(16,17)18/h2-5,14-15H,1,6-8,12H2,(H-,16,17,18)/p+1. The number of hydrogen-bond donors (Lipinski definition) is 5. The van der Waals surface area contributed by atoms with Gasteiger partial charge in [0.25, 0.3) is 0 Å². The second-order valence-electron chi connectivity index (χ2n) is 4.36. The number of carbonyl (C=O) groups is 1. The van der Waals surface area contributed by atoms with Gasteiger partial charge in [-0.2, -0.15) is 0 Å². The fourth-order valence-corrected chi connectivity index (χ4v) is 3.18. The SMILES string of the molecule is NCCC[P+](O)(O)C(=O)c1ccc(OCP(=O)(O)O)cc1. The van der Waals surface area contributed by atoms with Gasteiger partial charge in [0.05, 0.1) is 5.56 Å². The van der Waals surface area contributed by atoms with E-state index < -0.39 is 27.2 Å². The molecule has 0 heterocycles. The molecule has 0 bridgehead atoms. The molecule has 0 radical (unpaired) electrons. The summed E-state index contributed by atoms with van der Waals surface area (Å²) in [5.74, 6) is 0.164. The van der Waals surface area contributed by atoms with Crippen LogP contribution in [0.2, 0.25) is 0 Å². The van der Waals surface area contributed by atoms with E-state index in [1.54, 1.807) is 0 Å². The first-order chi connectivity index (χ1) is 9.65. The summed E-state index contributed by atoms with van der Waals surface area (Å²) >= 11 is 0. The Hall–Kier alpha value is -0.850. The summed E-state index contributed by atoms with van der Waals surface area (Å²) in [6.45, 7) is 0.255. The van der Waals surface area contributed by atoms with E-state index in [4.69, 9.17) is 20.3 Å². The zero-order valence-electron chi connectivity index (χ0n) is 11.1. The molecular weight excluding hydrogens is 320 g/mol. The van der Waals surface area contributed by atoms with Crippen LogP contribution in [0.15, 0.2) is 24.3 Å². The molecule has 21 heavy (non-hydrogen) atoms.